The molecule has 2 amide bonds. The second kappa shape index (κ2) is 12.4. The van der Waals surface area contributed by atoms with Crippen LogP contribution in [0.2, 0.25) is 0 Å². The fraction of sp³-hybridized carbons (Fsp3) is 0.391. The quantitative estimate of drug-likeness (QED) is 0.272. The van der Waals surface area contributed by atoms with Crippen molar-refractivity contribution in [3.63, 3.8) is 0 Å². The van der Waals surface area contributed by atoms with Crippen molar-refractivity contribution in [2.24, 2.45) is 10.2 Å². The predicted octanol–water partition coefficient (Wildman–Crippen LogP) is 5.05. The zero-order chi connectivity index (χ0) is 22.8. The average Bonchev–Trinajstić information content (AvgIpc) is 3.43. The van der Waals surface area contributed by atoms with E-state index in [9.17, 15) is 9.59 Å². The molecule has 1 saturated heterocycles. The molecule has 0 unspecified atom stereocenters. The van der Waals surface area contributed by atoms with Crippen LogP contribution in [0.15, 0.2) is 52.0 Å². The van der Waals surface area contributed by atoms with E-state index in [2.05, 4.69) is 27.8 Å². The normalized spacial score (nSPS) is 17.4. The van der Waals surface area contributed by atoms with Crippen molar-refractivity contribution in [3.05, 3.63) is 46.7 Å². The summed E-state index contributed by atoms with van der Waals surface area (Å²) in [4.78, 5) is 25.6. The Morgan fingerprint density at radius 1 is 1.19 bits per heavy atom. The van der Waals surface area contributed by atoms with Gasteiger partial charge in [-0.15, -0.1) is 16.4 Å². The maximum absolute atomic E-state index is 12.4. The van der Waals surface area contributed by atoms with Gasteiger partial charge in [0.05, 0.1) is 17.2 Å². The molecule has 170 valence electrons. The third-order valence-corrected chi connectivity index (χ3v) is 6.77. The summed E-state index contributed by atoms with van der Waals surface area (Å²) < 4.78 is 5.72. The lowest BCUT2D eigenvalue weighted by molar-refractivity contribution is -0.122. The zero-order valence-corrected chi connectivity index (χ0v) is 19.9. The van der Waals surface area contributed by atoms with Gasteiger partial charge in [-0.2, -0.15) is 5.10 Å². The van der Waals surface area contributed by atoms with Crippen LogP contribution in [0.25, 0.3) is 0 Å². The summed E-state index contributed by atoms with van der Waals surface area (Å²) in [5.41, 5.74) is 1.44. The van der Waals surface area contributed by atoms with Crippen molar-refractivity contribution in [2.45, 2.75) is 51.2 Å². The largest absolute Gasteiger partial charge is 0.494 e. The number of carbonyl (C=O) groups excluding carboxylic acids is 2. The summed E-state index contributed by atoms with van der Waals surface area (Å²) in [6.45, 7) is 4.74. The summed E-state index contributed by atoms with van der Waals surface area (Å²) in [5, 5.41) is 15.7. The third kappa shape index (κ3) is 7.49. The van der Waals surface area contributed by atoms with Crippen molar-refractivity contribution in [1.29, 1.82) is 0 Å². The van der Waals surface area contributed by atoms with Gasteiger partial charge in [-0.3, -0.25) is 9.59 Å². The molecule has 1 fully saturated rings. The topological polar surface area (TPSA) is 92.2 Å². The highest BCUT2D eigenvalue weighted by Crippen LogP contribution is 2.24. The number of carbonyl (C=O) groups is 2. The number of unbranched alkanes of at least 4 members (excludes halogenated alkanes) is 3. The van der Waals surface area contributed by atoms with Crippen molar-refractivity contribution in [1.82, 2.24) is 5.32 Å². The van der Waals surface area contributed by atoms with Crippen LogP contribution >= 0.6 is 23.1 Å². The van der Waals surface area contributed by atoms with Gasteiger partial charge in [0.15, 0.2) is 5.17 Å². The Hall–Kier alpha value is -2.65. The molecule has 1 aromatic heterocycles. The van der Waals surface area contributed by atoms with Crippen LogP contribution in [-0.4, -0.2) is 34.6 Å². The number of nitrogens with one attached hydrogen (secondary N) is 2. The van der Waals surface area contributed by atoms with E-state index >= 15 is 0 Å². The summed E-state index contributed by atoms with van der Waals surface area (Å²) >= 11 is 2.79. The molecule has 32 heavy (non-hydrogen) atoms. The first kappa shape index (κ1) is 24.0. The first-order chi connectivity index (χ1) is 15.5. The molecular weight excluding hydrogens is 444 g/mol. The summed E-state index contributed by atoms with van der Waals surface area (Å²) in [7, 11) is 0. The lowest BCUT2D eigenvalue weighted by atomic mass is 10.2. The number of thiophene rings is 1. The number of hydrogen-bond acceptors (Lipinski definition) is 7. The summed E-state index contributed by atoms with van der Waals surface area (Å²) in [5.74, 6) is 0.314. The van der Waals surface area contributed by atoms with Crippen LogP contribution in [0.4, 0.5) is 5.69 Å². The molecule has 1 aliphatic heterocycles. The molecule has 2 heterocycles. The van der Waals surface area contributed by atoms with E-state index in [1.165, 1.54) is 31.0 Å². The van der Waals surface area contributed by atoms with Crippen LogP contribution in [0.3, 0.4) is 0 Å². The lowest BCUT2D eigenvalue weighted by Gasteiger charge is -2.09. The Balaban J connectivity index is 1.45. The maximum atomic E-state index is 12.4. The highest BCUT2D eigenvalue weighted by atomic mass is 32.2. The average molecular weight is 473 g/mol. The molecule has 0 radical (unpaired) electrons. The van der Waals surface area contributed by atoms with Gasteiger partial charge in [0.1, 0.15) is 11.0 Å². The van der Waals surface area contributed by atoms with Gasteiger partial charge >= 0.3 is 0 Å². The SMILES string of the molecule is CCCCCCOc1ccc(NC(=O)C[C@@H]2S/C(=N\N=C(\C)c3cccs3)NC2=O)cc1. The summed E-state index contributed by atoms with van der Waals surface area (Å²) in [6.07, 6.45) is 4.69. The van der Waals surface area contributed by atoms with E-state index in [1.54, 1.807) is 23.5 Å². The second-order valence-corrected chi connectivity index (χ2v) is 9.49. The van der Waals surface area contributed by atoms with Crippen LogP contribution < -0.4 is 15.4 Å². The summed E-state index contributed by atoms with van der Waals surface area (Å²) in [6, 6.07) is 11.2. The molecular formula is C23H28N4O3S2. The molecule has 1 atom stereocenters. The number of thioether (sulfide) groups is 1. The number of hydrogen-bond donors (Lipinski definition) is 2. The molecule has 0 spiro atoms. The van der Waals surface area contributed by atoms with E-state index in [4.69, 9.17) is 4.74 Å². The number of ether oxygens (including phenoxy) is 1. The molecule has 7 nitrogen and oxygen atoms in total. The van der Waals surface area contributed by atoms with E-state index in [0.717, 1.165) is 22.8 Å². The lowest BCUT2D eigenvalue weighted by Crippen LogP contribution is -2.28. The van der Waals surface area contributed by atoms with E-state index < -0.39 is 5.25 Å². The van der Waals surface area contributed by atoms with Gasteiger partial charge in [0.2, 0.25) is 11.8 Å². The monoisotopic (exact) mass is 472 g/mol. The van der Waals surface area contributed by atoms with E-state index in [-0.39, 0.29) is 18.2 Å². The van der Waals surface area contributed by atoms with Gasteiger partial charge in [0, 0.05) is 12.1 Å². The van der Waals surface area contributed by atoms with Crippen LogP contribution in [0.1, 0.15) is 50.8 Å². The molecule has 0 bridgehead atoms. The van der Waals surface area contributed by atoms with Gasteiger partial charge in [-0.05, 0) is 49.1 Å². The number of amides is 2. The Labute approximate surface area is 196 Å². The van der Waals surface area contributed by atoms with Crippen LogP contribution in [0, 0.1) is 0 Å². The second-order valence-electron chi connectivity index (χ2n) is 7.35. The minimum absolute atomic E-state index is 0.0544. The van der Waals surface area contributed by atoms with Crippen LogP contribution in [0.5, 0.6) is 5.75 Å². The molecule has 2 N–H and O–H groups in total. The third-order valence-electron chi connectivity index (χ3n) is 4.72. The van der Waals surface area contributed by atoms with Crippen molar-refractivity contribution in [3.8, 4) is 5.75 Å². The van der Waals surface area contributed by atoms with Gasteiger partial charge in [-0.1, -0.05) is 44.0 Å². The van der Waals surface area contributed by atoms with E-state index in [0.29, 0.717) is 17.5 Å². The Kier molecular flexibility index (Phi) is 9.30. The number of benzene rings is 1. The number of nitrogens with zero attached hydrogens (tertiary/aromatic N) is 2. The molecule has 0 aliphatic carbocycles. The molecule has 2 aromatic rings. The van der Waals surface area contributed by atoms with Crippen molar-refractivity contribution < 1.29 is 14.3 Å². The predicted molar refractivity (Wildman–Crippen MR) is 133 cm³/mol. The van der Waals surface area contributed by atoms with Crippen molar-refractivity contribution >= 4 is 51.5 Å². The van der Waals surface area contributed by atoms with Crippen molar-refractivity contribution in [2.75, 3.05) is 11.9 Å². The fourth-order valence-electron chi connectivity index (χ4n) is 2.97. The molecule has 0 saturated carbocycles. The smallest absolute Gasteiger partial charge is 0.240 e. The molecule has 3 rings (SSSR count). The van der Waals surface area contributed by atoms with Gasteiger partial charge in [-0.25, -0.2) is 0 Å². The Morgan fingerprint density at radius 3 is 2.72 bits per heavy atom. The van der Waals surface area contributed by atoms with Crippen LogP contribution in [-0.2, 0) is 9.59 Å². The first-order valence-electron chi connectivity index (χ1n) is 10.7. The fourth-order valence-corrected chi connectivity index (χ4v) is 4.56. The Bertz CT molecular complexity index is 956. The van der Waals surface area contributed by atoms with Gasteiger partial charge < -0.3 is 15.4 Å². The minimum atomic E-state index is -0.531. The Morgan fingerprint density at radius 2 is 2.00 bits per heavy atom. The molecule has 9 heteroatoms. The number of rotatable bonds is 11. The molecule has 1 aromatic carbocycles. The minimum Gasteiger partial charge on any atom is -0.494 e. The highest BCUT2D eigenvalue weighted by molar-refractivity contribution is 8.15. The number of amidine groups is 1. The first-order valence-corrected chi connectivity index (χ1v) is 12.5. The standard InChI is InChI=1S/C23H28N4O3S2/c1-3-4-5-6-13-30-18-11-9-17(10-12-18)24-21(28)15-20-22(29)25-23(32-20)27-26-16(2)19-8-7-14-31-19/h7-12,14,20H,3-6,13,15H2,1-2H3,(H,24,28)(H,25,27,29)/b26-16-/t20-/m0/s1. The molecule has 1 aliphatic rings. The van der Waals surface area contributed by atoms with Gasteiger partial charge in [0.25, 0.3) is 0 Å². The highest BCUT2D eigenvalue weighted by Gasteiger charge is 2.32. The van der Waals surface area contributed by atoms with E-state index in [1.807, 2.05) is 36.6 Å². The zero-order valence-electron chi connectivity index (χ0n) is 18.3. The maximum Gasteiger partial charge on any atom is 0.240 e. The number of anilines is 1.